The minimum Gasteiger partial charge on any atom is -0.459 e. The first-order valence-corrected chi connectivity index (χ1v) is 8.58. The van der Waals surface area contributed by atoms with Gasteiger partial charge in [-0.2, -0.15) is 13.2 Å². The van der Waals surface area contributed by atoms with Gasteiger partial charge in [0.2, 0.25) is 0 Å². The maximum absolute atomic E-state index is 13.3. The van der Waals surface area contributed by atoms with Crippen LogP contribution in [0.3, 0.4) is 0 Å². The third-order valence-corrected chi connectivity index (χ3v) is 4.11. The number of hydrogen-bond donors (Lipinski definition) is 3. The number of esters is 1. The molecule has 0 aliphatic rings. The van der Waals surface area contributed by atoms with Gasteiger partial charge in [-0.15, -0.1) is 0 Å². The highest BCUT2D eigenvalue weighted by Crippen LogP contribution is 2.36. The zero-order valence-corrected chi connectivity index (χ0v) is 15.0. The van der Waals surface area contributed by atoms with Crippen LogP contribution in [0.2, 0.25) is 0 Å². The molecule has 0 saturated heterocycles. The minimum atomic E-state index is -4.56. The number of aromatic nitrogens is 1. The van der Waals surface area contributed by atoms with Crippen molar-refractivity contribution in [1.82, 2.24) is 4.98 Å². The molecule has 0 amide bonds. The monoisotopic (exact) mass is 406 g/mol. The second-order valence-corrected chi connectivity index (χ2v) is 6.16. The van der Waals surface area contributed by atoms with Crippen molar-refractivity contribution in [2.45, 2.75) is 12.3 Å². The van der Waals surface area contributed by atoms with Crippen LogP contribution in [0.5, 0.6) is 0 Å². The fourth-order valence-electron chi connectivity index (χ4n) is 2.73. The summed E-state index contributed by atoms with van der Waals surface area (Å²) in [5.41, 5.74) is -0.312. The summed E-state index contributed by atoms with van der Waals surface area (Å²) in [6.07, 6.45) is -4.51. The van der Waals surface area contributed by atoms with Gasteiger partial charge in [0.1, 0.15) is 12.7 Å². The van der Waals surface area contributed by atoms with Crippen LogP contribution in [0.25, 0.3) is 10.9 Å². The molecule has 2 aromatic carbocycles. The number of hydrogen-bond acceptors (Lipinski definition) is 6. The van der Waals surface area contributed by atoms with E-state index in [1.54, 1.807) is 18.2 Å². The molecule has 1 atom stereocenters. The predicted octanol–water partition coefficient (Wildman–Crippen LogP) is 3.51. The van der Waals surface area contributed by atoms with Crippen LogP contribution in [0.4, 0.5) is 24.5 Å². The van der Waals surface area contributed by atoms with E-state index >= 15 is 0 Å². The molecule has 0 radical (unpaired) electrons. The zero-order chi connectivity index (χ0) is 21.0. The lowest BCUT2D eigenvalue weighted by Crippen LogP contribution is -2.22. The average Bonchev–Trinajstić information content (AvgIpc) is 2.71. The number of pyridine rings is 1. The summed E-state index contributed by atoms with van der Waals surface area (Å²) in [4.78, 5) is 16.2. The van der Waals surface area contributed by atoms with Gasteiger partial charge in [0.15, 0.2) is 0 Å². The molecule has 6 nitrogen and oxygen atoms in total. The van der Waals surface area contributed by atoms with Gasteiger partial charge in [0.05, 0.1) is 28.9 Å². The van der Waals surface area contributed by atoms with Crippen molar-refractivity contribution < 1.29 is 32.9 Å². The number of carbonyl (C=O) groups excluding carboxylic acids is 1. The number of carbonyl (C=O) groups is 1. The van der Waals surface area contributed by atoms with E-state index in [0.717, 1.165) is 6.07 Å². The van der Waals surface area contributed by atoms with Gasteiger partial charge < -0.3 is 20.3 Å². The van der Waals surface area contributed by atoms with Gasteiger partial charge in [0.25, 0.3) is 0 Å². The number of alkyl halides is 3. The van der Waals surface area contributed by atoms with Crippen LogP contribution in [-0.4, -0.2) is 40.5 Å². The number of nitrogens with one attached hydrogen (secondary N) is 1. The number of halogens is 3. The van der Waals surface area contributed by atoms with Crippen molar-refractivity contribution in [3.8, 4) is 0 Å². The third-order valence-electron chi connectivity index (χ3n) is 4.11. The van der Waals surface area contributed by atoms with E-state index in [1.807, 2.05) is 0 Å². The third kappa shape index (κ3) is 4.64. The molecular weight excluding hydrogens is 389 g/mol. The molecule has 9 heteroatoms. The van der Waals surface area contributed by atoms with E-state index in [-0.39, 0.29) is 16.5 Å². The van der Waals surface area contributed by atoms with Gasteiger partial charge in [-0.3, -0.25) is 4.98 Å². The first-order valence-electron chi connectivity index (χ1n) is 8.58. The normalized spacial score (nSPS) is 12.6. The Kier molecular flexibility index (Phi) is 6.00. The maximum atomic E-state index is 13.3. The Labute approximate surface area is 163 Å². The molecule has 29 heavy (non-hydrogen) atoms. The molecule has 1 unspecified atom stereocenters. The summed E-state index contributed by atoms with van der Waals surface area (Å²) in [6.45, 7) is -0.950. The van der Waals surface area contributed by atoms with Crippen molar-refractivity contribution in [2.75, 3.05) is 18.5 Å². The van der Waals surface area contributed by atoms with Gasteiger partial charge in [-0.1, -0.05) is 24.3 Å². The number of aliphatic hydroxyl groups excluding tert-OH is 2. The first-order chi connectivity index (χ1) is 13.8. The molecule has 0 aliphatic carbocycles. The van der Waals surface area contributed by atoms with Crippen LogP contribution in [0.1, 0.15) is 15.9 Å². The topological polar surface area (TPSA) is 91.7 Å². The number of nitrogens with zero attached hydrogens (tertiary/aromatic N) is 1. The molecule has 1 aromatic heterocycles. The van der Waals surface area contributed by atoms with Crippen molar-refractivity contribution in [3.05, 3.63) is 65.9 Å². The number of ether oxygens (including phenoxy) is 1. The fraction of sp³-hybridized carbons (Fsp3) is 0.200. The lowest BCUT2D eigenvalue weighted by Gasteiger charge is -2.15. The molecule has 3 N–H and O–H groups in total. The van der Waals surface area contributed by atoms with Crippen LogP contribution in [0, 0.1) is 0 Å². The lowest BCUT2D eigenvalue weighted by atomic mass is 10.1. The lowest BCUT2D eigenvalue weighted by molar-refractivity contribution is -0.136. The highest BCUT2D eigenvalue weighted by molar-refractivity contribution is 6.00. The van der Waals surface area contributed by atoms with Crippen LogP contribution >= 0.6 is 0 Å². The Balaban J connectivity index is 1.95. The highest BCUT2D eigenvalue weighted by atomic mass is 19.4. The smallest absolute Gasteiger partial charge is 0.418 e. The van der Waals surface area contributed by atoms with E-state index in [2.05, 4.69) is 10.3 Å². The van der Waals surface area contributed by atoms with Gasteiger partial charge in [-0.25, -0.2) is 4.79 Å². The fourth-order valence-corrected chi connectivity index (χ4v) is 2.73. The maximum Gasteiger partial charge on any atom is 0.418 e. The Morgan fingerprint density at radius 1 is 1.10 bits per heavy atom. The number of anilines is 2. The summed E-state index contributed by atoms with van der Waals surface area (Å²) in [5, 5.41) is 21.3. The molecule has 0 fully saturated rings. The predicted molar refractivity (Wildman–Crippen MR) is 99.8 cm³/mol. The molecule has 152 valence electrons. The van der Waals surface area contributed by atoms with Crippen LogP contribution < -0.4 is 5.32 Å². The largest absolute Gasteiger partial charge is 0.459 e. The number of para-hydroxylation sites is 2. The number of fused-ring (bicyclic) bond motifs is 1. The number of aliphatic hydroxyl groups is 2. The van der Waals surface area contributed by atoms with E-state index < -0.39 is 37.0 Å². The van der Waals surface area contributed by atoms with Crippen molar-refractivity contribution in [1.29, 1.82) is 0 Å². The van der Waals surface area contributed by atoms with Gasteiger partial charge >= 0.3 is 12.1 Å². The standard InChI is InChI=1S/C20H17F3N2O4/c21-20(22,23)15-6-3-5-13-17(8-9-24-18(13)15)25-16-7-2-1-4-14(16)19(28)29-11-12(27)10-26/h1-9,12,26-27H,10-11H2,(H,24,25). The molecule has 3 aromatic rings. The van der Waals surface area contributed by atoms with Crippen LogP contribution in [0.15, 0.2) is 54.7 Å². The molecular formula is C20H17F3N2O4. The Hall–Kier alpha value is -3.17. The minimum absolute atomic E-state index is 0.120. The van der Waals surface area contributed by atoms with Gasteiger partial charge in [-0.05, 0) is 24.3 Å². The summed E-state index contributed by atoms with van der Waals surface area (Å²) < 4.78 is 44.8. The Morgan fingerprint density at radius 3 is 2.59 bits per heavy atom. The Bertz CT molecular complexity index is 1020. The summed E-state index contributed by atoms with van der Waals surface area (Å²) in [6, 6.07) is 11.5. The number of rotatable bonds is 6. The van der Waals surface area contributed by atoms with Crippen LogP contribution in [-0.2, 0) is 10.9 Å². The average molecular weight is 406 g/mol. The number of benzene rings is 2. The first kappa shape index (κ1) is 20.6. The second kappa shape index (κ2) is 8.46. The molecule has 1 heterocycles. The van der Waals surface area contributed by atoms with E-state index in [9.17, 15) is 23.1 Å². The van der Waals surface area contributed by atoms with Crippen molar-refractivity contribution in [3.63, 3.8) is 0 Å². The summed E-state index contributed by atoms with van der Waals surface area (Å²) in [7, 11) is 0. The quantitative estimate of drug-likeness (QED) is 0.543. The molecule has 0 saturated carbocycles. The zero-order valence-electron chi connectivity index (χ0n) is 15.0. The van der Waals surface area contributed by atoms with Crippen molar-refractivity contribution >= 4 is 28.2 Å². The van der Waals surface area contributed by atoms with E-state index in [4.69, 9.17) is 9.84 Å². The Morgan fingerprint density at radius 2 is 1.86 bits per heavy atom. The van der Waals surface area contributed by atoms with Gasteiger partial charge in [0, 0.05) is 17.3 Å². The molecule has 0 aliphatic heterocycles. The van der Waals surface area contributed by atoms with Crippen molar-refractivity contribution in [2.24, 2.45) is 0 Å². The SMILES string of the molecule is O=C(OCC(O)CO)c1ccccc1Nc1ccnc2c(C(F)(F)F)cccc12. The van der Waals surface area contributed by atoms with E-state index in [1.165, 1.54) is 30.5 Å². The highest BCUT2D eigenvalue weighted by Gasteiger charge is 2.33. The second-order valence-electron chi connectivity index (χ2n) is 6.16. The summed E-state index contributed by atoms with van der Waals surface area (Å²) in [5.74, 6) is -0.755. The molecule has 3 rings (SSSR count). The summed E-state index contributed by atoms with van der Waals surface area (Å²) >= 11 is 0. The molecule has 0 bridgehead atoms. The van der Waals surface area contributed by atoms with E-state index in [0.29, 0.717) is 11.4 Å². The molecule has 0 spiro atoms.